The van der Waals surface area contributed by atoms with Gasteiger partial charge in [0, 0.05) is 12.2 Å². The zero-order valence-corrected chi connectivity index (χ0v) is 12.0. The van der Waals surface area contributed by atoms with E-state index in [-0.39, 0.29) is 12.5 Å². The Kier molecular flexibility index (Phi) is 6.19. The van der Waals surface area contributed by atoms with Crippen molar-refractivity contribution in [1.29, 1.82) is 0 Å². The summed E-state index contributed by atoms with van der Waals surface area (Å²) in [5.74, 6) is -1.46. The molecule has 0 unspecified atom stereocenters. The van der Waals surface area contributed by atoms with Crippen molar-refractivity contribution in [3.05, 3.63) is 29.8 Å². The third-order valence-electron chi connectivity index (χ3n) is 2.66. The van der Waals surface area contributed by atoms with E-state index >= 15 is 0 Å². The van der Waals surface area contributed by atoms with Gasteiger partial charge < -0.3 is 15.7 Å². The number of rotatable bonds is 6. The van der Waals surface area contributed by atoms with Gasteiger partial charge in [0.2, 0.25) is 5.91 Å². The van der Waals surface area contributed by atoms with Crippen LogP contribution in [-0.2, 0) is 9.59 Å². The summed E-state index contributed by atoms with van der Waals surface area (Å²) in [7, 11) is 0. The molecule has 7 nitrogen and oxygen atoms in total. The number of carbonyl (C=O) groups is 3. The minimum absolute atomic E-state index is 0.200. The number of hydrogen-bond donors (Lipinski definition) is 3. The van der Waals surface area contributed by atoms with Crippen molar-refractivity contribution in [2.45, 2.75) is 13.8 Å². The third-order valence-corrected chi connectivity index (χ3v) is 2.66. The normalized spacial score (nSPS) is 9.81. The summed E-state index contributed by atoms with van der Waals surface area (Å²) in [5.41, 5.74) is 1.45. The van der Waals surface area contributed by atoms with Crippen LogP contribution in [-0.4, -0.2) is 42.6 Å². The molecular weight excluding hydrogens is 274 g/mol. The van der Waals surface area contributed by atoms with Gasteiger partial charge in [-0.05, 0) is 26.0 Å². The van der Waals surface area contributed by atoms with Gasteiger partial charge in [-0.3, -0.25) is 14.5 Å². The van der Waals surface area contributed by atoms with Crippen molar-refractivity contribution in [3.8, 4) is 0 Å². The summed E-state index contributed by atoms with van der Waals surface area (Å²) < 4.78 is 0. The monoisotopic (exact) mass is 293 g/mol. The summed E-state index contributed by atoms with van der Waals surface area (Å²) >= 11 is 0. The largest absolute Gasteiger partial charge is 0.480 e. The summed E-state index contributed by atoms with van der Waals surface area (Å²) in [6, 6.07) is 6.24. The van der Waals surface area contributed by atoms with E-state index in [9.17, 15) is 14.4 Å². The van der Waals surface area contributed by atoms with Gasteiger partial charge in [0.25, 0.3) is 0 Å². The fourth-order valence-corrected chi connectivity index (χ4v) is 1.65. The average Bonchev–Trinajstić information content (AvgIpc) is 2.43. The molecule has 0 atom stereocenters. The van der Waals surface area contributed by atoms with Crippen molar-refractivity contribution in [2.75, 3.05) is 24.5 Å². The smallest absolute Gasteiger partial charge is 0.323 e. The average molecular weight is 293 g/mol. The maximum Gasteiger partial charge on any atom is 0.323 e. The van der Waals surface area contributed by atoms with Gasteiger partial charge in [-0.25, -0.2) is 4.79 Å². The van der Waals surface area contributed by atoms with Crippen LogP contribution < -0.4 is 15.5 Å². The number of aryl methyl sites for hydroxylation is 1. The SMILES string of the molecule is CCNC(=O)CNC(=O)N(CC(=O)O)c1ccc(C)cc1. The molecule has 0 saturated carbocycles. The second-order valence-electron chi connectivity index (χ2n) is 4.43. The van der Waals surface area contributed by atoms with E-state index in [1.54, 1.807) is 31.2 Å². The van der Waals surface area contributed by atoms with E-state index in [1.165, 1.54) is 0 Å². The molecule has 1 aromatic carbocycles. The molecule has 0 aliphatic heterocycles. The molecule has 0 heterocycles. The van der Waals surface area contributed by atoms with Gasteiger partial charge in [0.05, 0.1) is 6.54 Å². The summed E-state index contributed by atoms with van der Waals surface area (Å²) in [6.45, 7) is 3.44. The Morgan fingerprint density at radius 3 is 2.29 bits per heavy atom. The Bertz CT molecular complexity index is 513. The van der Waals surface area contributed by atoms with Crippen LogP contribution in [0.25, 0.3) is 0 Å². The molecule has 0 aromatic heterocycles. The third kappa shape index (κ3) is 5.52. The quantitative estimate of drug-likeness (QED) is 0.720. The number of hydrogen-bond acceptors (Lipinski definition) is 3. The first kappa shape index (κ1) is 16.5. The molecule has 0 spiro atoms. The van der Waals surface area contributed by atoms with Crippen LogP contribution in [0.4, 0.5) is 10.5 Å². The van der Waals surface area contributed by atoms with Crippen molar-refractivity contribution in [1.82, 2.24) is 10.6 Å². The van der Waals surface area contributed by atoms with Crippen molar-refractivity contribution >= 4 is 23.6 Å². The molecule has 21 heavy (non-hydrogen) atoms. The van der Waals surface area contributed by atoms with Gasteiger partial charge in [0.15, 0.2) is 0 Å². The maximum atomic E-state index is 12.0. The fourth-order valence-electron chi connectivity index (χ4n) is 1.65. The molecule has 3 N–H and O–H groups in total. The predicted molar refractivity (Wildman–Crippen MR) is 78.2 cm³/mol. The number of nitrogens with one attached hydrogen (secondary N) is 2. The van der Waals surface area contributed by atoms with Gasteiger partial charge >= 0.3 is 12.0 Å². The molecule has 114 valence electrons. The number of likely N-dealkylation sites (N-methyl/N-ethyl adjacent to an activating group) is 1. The maximum absolute atomic E-state index is 12.0. The molecular formula is C14H19N3O4. The first-order valence-electron chi connectivity index (χ1n) is 6.54. The number of aliphatic carboxylic acids is 1. The molecule has 0 radical (unpaired) electrons. The Hall–Kier alpha value is -2.57. The molecule has 3 amide bonds. The lowest BCUT2D eigenvalue weighted by molar-refractivity contribution is -0.135. The van der Waals surface area contributed by atoms with Crippen LogP contribution in [0.2, 0.25) is 0 Å². The zero-order chi connectivity index (χ0) is 15.8. The highest BCUT2D eigenvalue weighted by Crippen LogP contribution is 2.15. The number of carboxylic acids is 1. The number of carbonyl (C=O) groups excluding carboxylic acids is 2. The minimum atomic E-state index is -1.14. The topological polar surface area (TPSA) is 98.7 Å². The molecule has 7 heteroatoms. The highest BCUT2D eigenvalue weighted by atomic mass is 16.4. The van der Waals surface area contributed by atoms with Gasteiger partial charge in [0.1, 0.15) is 6.54 Å². The van der Waals surface area contributed by atoms with Crippen molar-refractivity contribution in [3.63, 3.8) is 0 Å². The van der Waals surface area contributed by atoms with E-state index in [0.29, 0.717) is 12.2 Å². The lowest BCUT2D eigenvalue weighted by atomic mass is 10.2. The summed E-state index contributed by atoms with van der Waals surface area (Å²) in [5, 5.41) is 13.8. The van der Waals surface area contributed by atoms with E-state index in [0.717, 1.165) is 10.5 Å². The van der Waals surface area contributed by atoms with Gasteiger partial charge in [-0.2, -0.15) is 0 Å². The van der Waals surface area contributed by atoms with Crippen LogP contribution in [0, 0.1) is 6.92 Å². The molecule has 0 fully saturated rings. The molecule has 1 rings (SSSR count). The second-order valence-corrected chi connectivity index (χ2v) is 4.43. The first-order chi connectivity index (χ1) is 9.93. The molecule has 0 aliphatic rings. The lowest BCUT2D eigenvalue weighted by Crippen LogP contribution is -2.46. The van der Waals surface area contributed by atoms with E-state index in [1.807, 2.05) is 6.92 Å². The minimum Gasteiger partial charge on any atom is -0.480 e. The predicted octanol–water partition coefficient (Wildman–Crippen LogP) is 0.732. The van der Waals surface area contributed by atoms with Crippen molar-refractivity contribution < 1.29 is 19.5 Å². The summed E-state index contributed by atoms with van der Waals surface area (Å²) in [6.07, 6.45) is 0. The number of benzene rings is 1. The van der Waals surface area contributed by atoms with Crippen LogP contribution in [0.5, 0.6) is 0 Å². The zero-order valence-electron chi connectivity index (χ0n) is 12.0. The Balaban J connectivity index is 2.77. The lowest BCUT2D eigenvalue weighted by Gasteiger charge is -2.21. The number of carboxylic acid groups (broad SMARTS) is 1. The van der Waals surface area contributed by atoms with Crippen LogP contribution in [0.15, 0.2) is 24.3 Å². The highest BCUT2D eigenvalue weighted by Gasteiger charge is 2.19. The second kappa shape index (κ2) is 7.88. The van der Waals surface area contributed by atoms with E-state index in [4.69, 9.17) is 5.11 Å². The fraction of sp³-hybridized carbons (Fsp3) is 0.357. The highest BCUT2D eigenvalue weighted by molar-refractivity contribution is 5.97. The Labute approximate surface area is 122 Å². The van der Waals surface area contributed by atoms with E-state index in [2.05, 4.69) is 10.6 Å². The van der Waals surface area contributed by atoms with Crippen LogP contribution >= 0.6 is 0 Å². The van der Waals surface area contributed by atoms with Gasteiger partial charge in [-0.15, -0.1) is 0 Å². The molecule has 1 aromatic rings. The number of nitrogens with zero attached hydrogens (tertiary/aromatic N) is 1. The van der Waals surface area contributed by atoms with Crippen molar-refractivity contribution in [2.24, 2.45) is 0 Å². The standard InChI is InChI=1S/C14H19N3O4/c1-3-15-12(18)8-16-14(21)17(9-13(19)20)11-6-4-10(2)5-7-11/h4-7H,3,8-9H2,1-2H3,(H,15,18)(H,16,21)(H,19,20). The van der Waals surface area contributed by atoms with Crippen LogP contribution in [0.3, 0.4) is 0 Å². The van der Waals surface area contributed by atoms with Gasteiger partial charge in [-0.1, -0.05) is 17.7 Å². The number of urea groups is 1. The molecule has 0 saturated heterocycles. The molecule has 0 aliphatic carbocycles. The Morgan fingerprint density at radius 1 is 1.14 bits per heavy atom. The molecule has 0 bridgehead atoms. The number of anilines is 1. The number of amides is 3. The first-order valence-corrected chi connectivity index (χ1v) is 6.54. The van der Waals surface area contributed by atoms with Crippen LogP contribution in [0.1, 0.15) is 12.5 Å². The van der Waals surface area contributed by atoms with E-state index < -0.39 is 18.5 Å². The Morgan fingerprint density at radius 2 is 1.76 bits per heavy atom. The summed E-state index contributed by atoms with van der Waals surface area (Å²) in [4.78, 5) is 35.3.